The maximum Gasteiger partial charge on any atom is 0.227 e. The standard InChI is InChI=1S/C27H24N2O4S2/c1-27(2)13-19-22(15-33-27)35-25-23(19)24(32-14-20(30)17-9-5-3-6-10-17)28-26(29-25)34-16-21(31)18-11-7-4-8-12-18/h3-12H,13-16H2,1-2H3. The van der Waals surface area contributed by atoms with Crippen LogP contribution < -0.4 is 4.74 Å². The molecule has 0 amide bonds. The molecule has 0 radical (unpaired) electrons. The predicted molar refractivity (Wildman–Crippen MR) is 138 cm³/mol. The van der Waals surface area contributed by atoms with Crippen LogP contribution in [0, 0.1) is 0 Å². The number of carbonyl (C=O) groups is 2. The predicted octanol–water partition coefficient (Wildman–Crippen LogP) is 5.78. The topological polar surface area (TPSA) is 78.4 Å². The fourth-order valence-corrected chi connectivity index (χ4v) is 5.82. The van der Waals surface area contributed by atoms with Gasteiger partial charge >= 0.3 is 0 Å². The van der Waals surface area contributed by atoms with Gasteiger partial charge in [0.2, 0.25) is 5.88 Å². The highest BCUT2D eigenvalue weighted by molar-refractivity contribution is 7.99. The van der Waals surface area contributed by atoms with Crippen LogP contribution in [0.4, 0.5) is 0 Å². The van der Waals surface area contributed by atoms with Crippen molar-refractivity contribution in [2.45, 2.75) is 37.6 Å². The number of thiophene rings is 1. The Balaban J connectivity index is 1.45. The monoisotopic (exact) mass is 504 g/mol. The summed E-state index contributed by atoms with van der Waals surface area (Å²) in [6.07, 6.45) is 0.702. The van der Waals surface area contributed by atoms with E-state index in [1.165, 1.54) is 11.8 Å². The highest BCUT2D eigenvalue weighted by atomic mass is 32.2. The molecule has 0 N–H and O–H groups in total. The molecule has 4 aromatic rings. The number of nitrogens with zero attached hydrogens (tertiary/aromatic N) is 2. The number of carbonyl (C=O) groups excluding carboxylic acids is 2. The molecule has 0 unspecified atom stereocenters. The van der Waals surface area contributed by atoms with Gasteiger partial charge in [0, 0.05) is 22.4 Å². The number of fused-ring (bicyclic) bond motifs is 3. The molecule has 0 aliphatic carbocycles. The molecule has 0 bridgehead atoms. The molecule has 1 aliphatic rings. The number of thioether (sulfide) groups is 1. The largest absolute Gasteiger partial charge is 0.469 e. The average molecular weight is 505 g/mol. The molecule has 1 aliphatic heterocycles. The van der Waals surface area contributed by atoms with E-state index in [4.69, 9.17) is 14.5 Å². The molecule has 0 spiro atoms. The second kappa shape index (κ2) is 9.89. The number of Topliss-reactive ketones (excluding diaryl/α,β-unsaturated/α-hetero) is 2. The van der Waals surface area contributed by atoms with E-state index >= 15 is 0 Å². The molecule has 5 rings (SSSR count). The minimum atomic E-state index is -0.312. The molecule has 0 saturated carbocycles. The first kappa shape index (κ1) is 23.7. The normalized spacial score (nSPS) is 14.5. The second-order valence-corrected chi connectivity index (χ2v) is 10.9. The van der Waals surface area contributed by atoms with E-state index < -0.39 is 0 Å². The van der Waals surface area contributed by atoms with Crippen LogP contribution in [0.1, 0.15) is 45.0 Å². The summed E-state index contributed by atoms with van der Waals surface area (Å²) in [6, 6.07) is 18.2. The third kappa shape index (κ3) is 5.29. The second-order valence-electron chi connectivity index (χ2n) is 8.88. The highest BCUT2D eigenvalue weighted by Gasteiger charge is 2.31. The van der Waals surface area contributed by atoms with E-state index in [0.717, 1.165) is 20.7 Å². The molecule has 0 atom stereocenters. The zero-order chi connectivity index (χ0) is 24.4. The van der Waals surface area contributed by atoms with Gasteiger partial charge in [-0.1, -0.05) is 72.4 Å². The first-order chi connectivity index (χ1) is 16.9. The Morgan fingerprint density at radius 1 is 1.00 bits per heavy atom. The van der Waals surface area contributed by atoms with Crippen molar-refractivity contribution in [3.63, 3.8) is 0 Å². The summed E-state index contributed by atoms with van der Waals surface area (Å²) in [5.74, 6) is 0.462. The summed E-state index contributed by atoms with van der Waals surface area (Å²) >= 11 is 2.82. The van der Waals surface area contributed by atoms with Gasteiger partial charge in [0.15, 0.2) is 23.3 Å². The van der Waals surface area contributed by atoms with E-state index in [0.29, 0.717) is 35.2 Å². The number of ketones is 2. The molecule has 2 aromatic carbocycles. The van der Waals surface area contributed by atoms with Crippen molar-refractivity contribution in [1.82, 2.24) is 9.97 Å². The number of hydrogen-bond donors (Lipinski definition) is 0. The third-order valence-electron chi connectivity index (χ3n) is 5.74. The summed E-state index contributed by atoms with van der Waals surface area (Å²) in [6.45, 7) is 4.48. The smallest absolute Gasteiger partial charge is 0.227 e. The van der Waals surface area contributed by atoms with Crippen molar-refractivity contribution >= 4 is 44.9 Å². The Bertz CT molecular complexity index is 1380. The average Bonchev–Trinajstić information content (AvgIpc) is 3.23. The molecule has 178 valence electrons. The van der Waals surface area contributed by atoms with Crippen LogP contribution in [0.5, 0.6) is 5.88 Å². The summed E-state index contributed by atoms with van der Waals surface area (Å²) in [4.78, 5) is 36.6. The Hall–Kier alpha value is -3.07. The lowest BCUT2D eigenvalue weighted by Crippen LogP contribution is -2.31. The molecule has 8 heteroatoms. The van der Waals surface area contributed by atoms with Gasteiger partial charge in [-0.15, -0.1) is 11.3 Å². The molecule has 2 aromatic heterocycles. The summed E-state index contributed by atoms with van der Waals surface area (Å²) in [7, 11) is 0. The molecular weight excluding hydrogens is 480 g/mol. The van der Waals surface area contributed by atoms with E-state index in [-0.39, 0.29) is 29.5 Å². The fraction of sp³-hybridized carbons (Fsp3) is 0.259. The maximum absolute atomic E-state index is 12.7. The van der Waals surface area contributed by atoms with Gasteiger partial charge in [-0.05, 0) is 19.4 Å². The summed E-state index contributed by atoms with van der Waals surface area (Å²) < 4.78 is 12.0. The minimum absolute atomic E-state index is 0.00152. The van der Waals surface area contributed by atoms with Crippen molar-refractivity contribution in [2.24, 2.45) is 0 Å². The SMILES string of the molecule is CC1(C)Cc2c(sc3nc(SCC(=O)c4ccccc4)nc(OCC(=O)c4ccccc4)c23)CO1. The molecule has 0 fully saturated rings. The van der Waals surface area contributed by atoms with Crippen LogP contribution >= 0.6 is 23.1 Å². The van der Waals surface area contributed by atoms with Gasteiger partial charge in [-0.25, -0.2) is 4.98 Å². The number of hydrogen-bond acceptors (Lipinski definition) is 8. The van der Waals surface area contributed by atoms with Crippen molar-refractivity contribution in [1.29, 1.82) is 0 Å². The van der Waals surface area contributed by atoms with Gasteiger partial charge in [-0.2, -0.15) is 4.98 Å². The Labute approximate surface area is 211 Å². The zero-order valence-corrected chi connectivity index (χ0v) is 21.1. The van der Waals surface area contributed by atoms with E-state index in [1.807, 2.05) is 36.4 Å². The Morgan fingerprint density at radius 2 is 1.66 bits per heavy atom. The summed E-state index contributed by atoms with van der Waals surface area (Å²) in [5, 5.41) is 1.28. The van der Waals surface area contributed by atoms with E-state index in [9.17, 15) is 9.59 Å². The van der Waals surface area contributed by atoms with Gasteiger partial charge in [0.1, 0.15) is 4.83 Å². The van der Waals surface area contributed by atoms with Gasteiger partial charge in [-0.3, -0.25) is 9.59 Å². The third-order valence-corrected chi connectivity index (χ3v) is 7.69. The lowest BCUT2D eigenvalue weighted by molar-refractivity contribution is -0.0379. The Kier molecular flexibility index (Phi) is 6.69. The van der Waals surface area contributed by atoms with Crippen molar-refractivity contribution in [2.75, 3.05) is 12.4 Å². The fourth-order valence-electron chi connectivity index (χ4n) is 3.94. The lowest BCUT2D eigenvalue weighted by atomic mass is 9.94. The highest BCUT2D eigenvalue weighted by Crippen LogP contribution is 2.42. The van der Waals surface area contributed by atoms with Gasteiger partial charge in [0.25, 0.3) is 0 Å². The van der Waals surface area contributed by atoms with Crippen molar-refractivity contribution < 1.29 is 19.1 Å². The minimum Gasteiger partial charge on any atom is -0.469 e. The molecule has 35 heavy (non-hydrogen) atoms. The molecule has 6 nitrogen and oxygen atoms in total. The van der Waals surface area contributed by atoms with Gasteiger partial charge < -0.3 is 9.47 Å². The van der Waals surface area contributed by atoms with Crippen LogP contribution in [0.2, 0.25) is 0 Å². The number of ether oxygens (including phenoxy) is 2. The van der Waals surface area contributed by atoms with Crippen LogP contribution in [-0.4, -0.2) is 39.5 Å². The number of benzene rings is 2. The number of aromatic nitrogens is 2. The molecule has 3 heterocycles. The quantitative estimate of drug-likeness (QED) is 0.171. The van der Waals surface area contributed by atoms with Crippen LogP contribution in [-0.2, 0) is 17.8 Å². The molecule has 0 saturated heterocycles. The lowest BCUT2D eigenvalue weighted by Gasteiger charge is -2.30. The van der Waals surface area contributed by atoms with Gasteiger partial charge in [0.05, 0.1) is 23.3 Å². The van der Waals surface area contributed by atoms with Crippen molar-refractivity contribution in [3.8, 4) is 5.88 Å². The van der Waals surface area contributed by atoms with Crippen LogP contribution in [0.25, 0.3) is 10.2 Å². The van der Waals surface area contributed by atoms with Crippen LogP contribution in [0.15, 0.2) is 65.8 Å². The summed E-state index contributed by atoms with van der Waals surface area (Å²) in [5.41, 5.74) is 2.04. The Morgan fingerprint density at radius 3 is 2.34 bits per heavy atom. The maximum atomic E-state index is 12.7. The molecular formula is C27H24N2O4S2. The van der Waals surface area contributed by atoms with E-state index in [2.05, 4.69) is 18.8 Å². The first-order valence-electron chi connectivity index (χ1n) is 11.3. The zero-order valence-electron chi connectivity index (χ0n) is 19.4. The van der Waals surface area contributed by atoms with E-state index in [1.54, 1.807) is 35.6 Å². The first-order valence-corrected chi connectivity index (χ1v) is 13.1. The van der Waals surface area contributed by atoms with Crippen molar-refractivity contribution in [3.05, 3.63) is 82.2 Å². The number of rotatable bonds is 8. The van der Waals surface area contributed by atoms with Crippen LogP contribution in [0.3, 0.4) is 0 Å².